The van der Waals surface area contributed by atoms with Crippen LogP contribution in [0.3, 0.4) is 0 Å². The van der Waals surface area contributed by atoms with Gasteiger partial charge in [0.2, 0.25) is 0 Å². The molecule has 0 aromatic carbocycles. The fourth-order valence-corrected chi connectivity index (χ4v) is 1.56. The standard InChI is InChI=1S/C11H13N3O5/c1-3-4-5-12-8(15)7-9-14(6(2)13-7)19-11(17)10(16)18-9/h3-5H2,1-2H3,(H,12,15). The van der Waals surface area contributed by atoms with Crippen LogP contribution in [0.1, 0.15) is 36.1 Å². The Labute approximate surface area is 107 Å². The topological polar surface area (TPSA) is 107 Å². The van der Waals surface area contributed by atoms with E-state index < -0.39 is 17.2 Å². The fraction of sp³-hybridized carbons (Fsp3) is 0.455. The molecule has 0 radical (unpaired) electrons. The van der Waals surface area contributed by atoms with Crippen LogP contribution in [0, 0.1) is 6.92 Å². The van der Waals surface area contributed by atoms with E-state index in [4.69, 9.17) is 8.94 Å². The SMILES string of the molecule is CCCCNC(=O)c1nc(C)n2oc(=O)c(=O)oc12. The highest BCUT2D eigenvalue weighted by Gasteiger charge is 2.20. The van der Waals surface area contributed by atoms with Gasteiger partial charge in [0.1, 0.15) is 5.82 Å². The molecule has 2 aromatic rings. The van der Waals surface area contributed by atoms with Gasteiger partial charge in [0.25, 0.3) is 11.6 Å². The van der Waals surface area contributed by atoms with Crippen molar-refractivity contribution in [2.45, 2.75) is 26.7 Å². The lowest BCUT2D eigenvalue weighted by atomic mass is 10.3. The second-order valence-corrected chi connectivity index (χ2v) is 3.98. The van der Waals surface area contributed by atoms with E-state index in [0.29, 0.717) is 6.54 Å². The van der Waals surface area contributed by atoms with E-state index in [-0.39, 0.29) is 17.2 Å². The van der Waals surface area contributed by atoms with Gasteiger partial charge in [-0.25, -0.2) is 14.6 Å². The Morgan fingerprint density at radius 2 is 2.11 bits per heavy atom. The highest BCUT2D eigenvalue weighted by Crippen LogP contribution is 2.09. The third-order valence-electron chi connectivity index (χ3n) is 2.52. The van der Waals surface area contributed by atoms with Crippen molar-refractivity contribution in [1.29, 1.82) is 0 Å². The van der Waals surface area contributed by atoms with Gasteiger partial charge in [0.05, 0.1) is 0 Å². The van der Waals surface area contributed by atoms with Crippen LogP contribution in [0.2, 0.25) is 0 Å². The van der Waals surface area contributed by atoms with E-state index in [0.717, 1.165) is 17.4 Å². The van der Waals surface area contributed by atoms with Crippen LogP contribution in [0.5, 0.6) is 0 Å². The van der Waals surface area contributed by atoms with E-state index in [1.807, 2.05) is 6.92 Å². The first-order valence-electron chi connectivity index (χ1n) is 5.86. The summed E-state index contributed by atoms with van der Waals surface area (Å²) in [5, 5.41) is 2.64. The first-order chi connectivity index (χ1) is 9.04. The van der Waals surface area contributed by atoms with Gasteiger partial charge in [-0.1, -0.05) is 13.3 Å². The van der Waals surface area contributed by atoms with Crippen LogP contribution in [0.15, 0.2) is 18.5 Å². The van der Waals surface area contributed by atoms with E-state index in [2.05, 4.69) is 10.3 Å². The molecular weight excluding hydrogens is 254 g/mol. The van der Waals surface area contributed by atoms with Crippen molar-refractivity contribution >= 4 is 11.6 Å². The highest BCUT2D eigenvalue weighted by atomic mass is 16.6. The van der Waals surface area contributed by atoms with Gasteiger partial charge in [-0.05, 0) is 13.3 Å². The largest absolute Gasteiger partial charge is 0.442 e. The van der Waals surface area contributed by atoms with Crippen molar-refractivity contribution in [1.82, 2.24) is 14.9 Å². The number of aromatic nitrogens is 2. The number of carbonyl (C=O) groups excluding carboxylic acids is 1. The summed E-state index contributed by atoms with van der Waals surface area (Å²) in [6, 6.07) is 0. The van der Waals surface area contributed by atoms with Gasteiger partial charge in [0.15, 0.2) is 5.69 Å². The summed E-state index contributed by atoms with van der Waals surface area (Å²) in [6.45, 7) is 4.02. The number of hydrogen-bond donors (Lipinski definition) is 1. The summed E-state index contributed by atoms with van der Waals surface area (Å²) in [6.07, 6.45) is 1.77. The zero-order valence-electron chi connectivity index (χ0n) is 10.6. The van der Waals surface area contributed by atoms with Crippen LogP contribution in [-0.4, -0.2) is 22.0 Å². The van der Waals surface area contributed by atoms with Crippen molar-refractivity contribution in [2.24, 2.45) is 0 Å². The third kappa shape index (κ3) is 2.42. The monoisotopic (exact) mass is 267 g/mol. The molecule has 0 bridgehead atoms. The highest BCUT2D eigenvalue weighted by molar-refractivity contribution is 5.97. The molecule has 0 aliphatic rings. The molecule has 0 atom stereocenters. The number of carbonyl (C=O) groups is 1. The number of imidazole rings is 1. The number of hydrogen-bond acceptors (Lipinski definition) is 6. The predicted octanol–water partition coefficient (Wildman–Crippen LogP) is 0.0790. The Morgan fingerprint density at radius 3 is 2.79 bits per heavy atom. The minimum absolute atomic E-state index is 0.0746. The molecule has 2 heterocycles. The Kier molecular flexibility index (Phi) is 3.50. The average molecular weight is 267 g/mol. The van der Waals surface area contributed by atoms with Crippen molar-refractivity contribution < 1.29 is 13.7 Å². The molecule has 8 heteroatoms. The third-order valence-corrected chi connectivity index (χ3v) is 2.52. The van der Waals surface area contributed by atoms with E-state index in [1.165, 1.54) is 6.92 Å². The lowest BCUT2D eigenvalue weighted by molar-refractivity contribution is 0.0948. The van der Waals surface area contributed by atoms with Crippen LogP contribution in [0.4, 0.5) is 0 Å². The smallest absolute Gasteiger partial charge is 0.395 e. The molecule has 0 aliphatic heterocycles. The summed E-state index contributed by atoms with van der Waals surface area (Å²) in [4.78, 5) is 38.0. The average Bonchev–Trinajstić information content (AvgIpc) is 2.68. The number of unbranched alkanes of at least 4 members (excludes halogenated alkanes) is 1. The van der Waals surface area contributed by atoms with Crippen molar-refractivity contribution in [3.05, 3.63) is 32.4 Å². The van der Waals surface area contributed by atoms with Crippen LogP contribution in [0.25, 0.3) is 5.71 Å². The number of nitrogens with one attached hydrogen (secondary N) is 1. The van der Waals surface area contributed by atoms with Crippen LogP contribution >= 0.6 is 0 Å². The molecule has 0 aliphatic carbocycles. The van der Waals surface area contributed by atoms with E-state index >= 15 is 0 Å². The van der Waals surface area contributed by atoms with Gasteiger partial charge in [-0.3, -0.25) is 4.79 Å². The zero-order chi connectivity index (χ0) is 14.0. The normalized spacial score (nSPS) is 10.8. The Hall–Kier alpha value is -2.38. The maximum Gasteiger partial charge on any atom is 0.442 e. The Morgan fingerprint density at radius 1 is 1.37 bits per heavy atom. The zero-order valence-corrected chi connectivity index (χ0v) is 10.6. The second-order valence-electron chi connectivity index (χ2n) is 3.98. The van der Waals surface area contributed by atoms with Crippen LogP contribution in [-0.2, 0) is 0 Å². The molecule has 2 rings (SSSR count). The summed E-state index contributed by atoms with van der Waals surface area (Å²) in [7, 11) is 0. The molecule has 0 saturated carbocycles. The maximum atomic E-state index is 11.9. The first-order valence-corrected chi connectivity index (χ1v) is 5.86. The molecule has 1 amide bonds. The molecule has 2 aromatic heterocycles. The van der Waals surface area contributed by atoms with Gasteiger partial charge < -0.3 is 14.3 Å². The second kappa shape index (κ2) is 5.09. The Bertz CT molecular complexity index is 724. The molecule has 0 spiro atoms. The molecule has 102 valence electrons. The van der Waals surface area contributed by atoms with Crippen LogP contribution < -0.4 is 16.6 Å². The molecule has 0 fully saturated rings. The molecular formula is C11H13N3O5. The quantitative estimate of drug-likeness (QED) is 0.621. The number of rotatable bonds is 4. The lowest BCUT2D eigenvalue weighted by Gasteiger charge is -2.00. The summed E-state index contributed by atoms with van der Waals surface area (Å²) in [5.41, 5.74) is -2.56. The van der Waals surface area contributed by atoms with Crippen molar-refractivity contribution in [3.63, 3.8) is 0 Å². The molecule has 1 N–H and O–H groups in total. The maximum absolute atomic E-state index is 11.9. The van der Waals surface area contributed by atoms with Gasteiger partial charge in [-0.15, -0.1) is 4.57 Å². The molecule has 0 saturated heterocycles. The number of aryl methyl sites for hydroxylation is 1. The van der Waals surface area contributed by atoms with Gasteiger partial charge in [-0.2, -0.15) is 0 Å². The number of fused-ring (bicyclic) bond motifs is 1. The first kappa shape index (κ1) is 13.1. The lowest BCUT2D eigenvalue weighted by Crippen LogP contribution is -2.26. The number of amides is 1. The predicted molar refractivity (Wildman–Crippen MR) is 64.2 cm³/mol. The van der Waals surface area contributed by atoms with Crippen molar-refractivity contribution in [2.75, 3.05) is 6.54 Å². The Balaban J connectivity index is 2.44. The summed E-state index contributed by atoms with van der Waals surface area (Å²) >= 11 is 0. The molecule has 8 nitrogen and oxygen atoms in total. The van der Waals surface area contributed by atoms with Gasteiger partial charge >= 0.3 is 11.3 Å². The minimum atomic E-state index is -1.17. The van der Waals surface area contributed by atoms with Gasteiger partial charge in [0, 0.05) is 6.54 Å². The van der Waals surface area contributed by atoms with E-state index in [9.17, 15) is 14.4 Å². The van der Waals surface area contributed by atoms with Crippen molar-refractivity contribution in [3.8, 4) is 0 Å². The summed E-state index contributed by atoms with van der Waals surface area (Å²) < 4.78 is 10.4. The molecule has 19 heavy (non-hydrogen) atoms. The van der Waals surface area contributed by atoms with E-state index in [1.54, 1.807) is 0 Å². The fourth-order valence-electron chi connectivity index (χ4n) is 1.56. The molecule has 0 unspecified atom stereocenters. The summed E-state index contributed by atoms with van der Waals surface area (Å²) in [5.74, 6) is -0.229. The minimum Gasteiger partial charge on any atom is -0.395 e. The number of nitrogens with zero attached hydrogens (tertiary/aromatic N) is 2.